The summed E-state index contributed by atoms with van der Waals surface area (Å²) in [6.45, 7) is 0.501. The zero-order valence-electron chi connectivity index (χ0n) is 6.09. The van der Waals surface area contributed by atoms with Crippen LogP contribution < -0.4 is 5.73 Å². The molecule has 1 rings (SSSR count). The zero-order valence-corrected chi connectivity index (χ0v) is 8.42. The fourth-order valence-corrected chi connectivity index (χ4v) is 0.857. The summed E-state index contributed by atoms with van der Waals surface area (Å²) in [6, 6.07) is 6.69. The Kier molecular flexibility index (Phi) is 5.41. The number of nitrogens with two attached hydrogens (primary N) is 1. The maximum absolute atomic E-state index is 12.7. The quantitative estimate of drug-likeness (QED) is 0.814. The van der Waals surface area contributed by atoms with Crippen molar-refractivity contribution >= 4 is 24.0 Å². The molecule has 0 radical (unpaired) electrons. The Balaban J connectivity index is 0.000001000. The number of hydrogen-bond acceptors (Lipinski definition) is 1. The van der Waals surface area contributed by atoms with Crippen LogP contribution in [0.3, 0.4) is 0 Å². The second kappa shape index (κ2) is 5.49. The van der Waals surface area contributed by atoms with Crippen molar-refractivity contribution in [2.24, 2.45) is 5.73 Å². The molecule has 2 N–H and O–H groups in total. The van der Waals surface area contributed by atoms with E-state index in [0.29, 0.717) is 18.5 Å². The maximum Gasteiger partial charge on any atom is 0.126 e. The lowest BCUT2D eigenvalue weighted by atomic mass is 10.1. The highest BCUT2D eigenvalue weighted by Crippen LogP contribution is 2.05. The van der Waals surface area contributed by atoms with Crippen LogP contribution in [0.25, 0.3) is 0 Å². The van der Waals surface area contributed by atoms with Gasteiger partial charge in [0.2, 0.25) is 0 Å². The fourth-order valence-electron chi connectivity index (χ4n) is 0.857. The van der Waals surface area contributed by atoms with E-state index in [0.717, 1.165) is 0 Å². The van der Waals surface area contributed by atoms with Crippen molar-refractivity contribution in [2.45, 2.75) is 6.42 Å². The van der Waals surface area contributed by atoms with Crippen molar-refractivity contribution < 1.29 is 4.39 Å². The molecule has 0 fully saturated rings. The number of benzene rings is 1. The van der Waals surface area contributed by atoms with Crippen molar-refractivity contribution in [2.75, 3.05) is 6.54 Å². The Bertz CT molecular complexity index is 215. The second-order valence-corrected chi connectivity index (χ2v) is 2.13. The van der Waals surface area contributed by atoms with Crippen molar-refractivity contribution in [3.05, 3.63) is 35.6 Å². The molecule has 0 aliphatic rings. The molecule has 1 aromatic rings. The fraction of sp³-hybridized carbons (Fsp3) is 0.250. The third-order valence-corrected chi connectivity index (χ3v) is 1.37. The molecule has 1 aromatic carbocycles. The predicted molar refractivity (Wildman–Crippen MR) is 54.6 cm³/mol. The van der Waals surface area contributed by atoms with Crippen LogP contribution in [0.15, 0.2) is 24.3 Å². The molecular weight excluding hydrogens is 256 g/mol. The second-order valence-electron chi connectivity index (χ2n) is 2.13. The molecule has 1 nitrogen and oxygen atoms in total. The summed E-state index contributed by atoms with van der Waals surface area (Å²) in [5.74, 6) is -0.159. The zero-order chi connectivity index (χ0) is 7.40. The lowest BCUT2D eigenvalue weighted by molar-refractivity contribution is 0.609. The van der Waals surface area contributed by atoms with Crippen LogP contribution in [0.1, 0.15) is 5.56 Å². The van der Waals surface area contributed by atoms with Gasteiger partial charge in [-0.05, 0) is 24.6 Å². The molecule has 11 heavy (non-hydrogen) atoms. The van der Waals surface area contributed by atoms with E-state index in [1.807, 2.05) is 6.07 Å². The molecule has 0 saturated heterocycles. The first-order valence-corrected chi connectivity index (χ1v) is 3.28. The molecule has 62 valence electrons. The monoisotopic (exact) mass is 267 g/mol. The van der Waals surface area contributed by atoms with Crippen LogP contribution in [0.5, 0.6) is 0 Å². The summed E-state index contributed by atoms with van der Waals surface area (Å²) < 4.78 is 12.7. The van der Waals surface area contributed by atoms with E-state index in [2.05, 4.69) is 0 Å². The van der Waals surface area contributed by atoms with Gasteiger partial charge >= 0.3 is 0 Å². The van der Waals surface area contributed by atoms with Crippen LogP contribution in [0, 0.1) is 5.82 Å². The van der Waals surface area contributed by atoms with Gasteiger partial charge < -0.3 is 5.73 Å². The summed E-state index contributed by atoms with van der Waals surface area (Å²) in [6.07, 6.45) is 0.618. The minimum absolute atomic E-state index is 0. The van der Waals surface area contributed by atoms with E-state index >= 15 is 0 Å². The standard InChI is InChI=1S/C8H10FN.HI/c9-8-4-2-1-3-7(8)5-6-10;/h1-4H,5-6,10H2;1H. The first-order valence-electron chi connectivity index (χ1n) is 3.28. The Hall–Kier alpha value is -0.160. The molecule has 0 saturated carbocycles. The lowest BCUT2D eigenvalue weighted by Crippen LogP contribution is -2.03. The summed E-state index contributed by atoms with van der Waals surface area (Å²) in [5, 5.41) is 0. The maximum atomic E-state index is 12.7. The molecule has 0 atom stereocenters. The summed E-state index contributed by atoms with van der Waals surface area (Å²) in [7, 11) is 0. The molecule has 0 amide bonds. The average Bonchev–Trinajstić information content (AvgIpc) is 1.94. The van der Waals surface area contributed by atoms with E-state index in [-0.39, 0.29) is 29.8 Å². The molecule has 3 heteroatoms. The summed E-state index contributed by atoms with van der Waals surface area (Å²) in [4.78, 5) is 0. The van der Waals surface area contributed by atoms with E-state index in [4.69, 9.17) is 5.73 Å². The Morgan fingerprint density at radius 3 is 2.45 bits per heavy atom. The van der Waals surface area contributed by atoms with Gasteiger partial charge in [-0.3, -0.25) is 0 Å². The van der Waals surface area contributed by atoms with Gasteiger partial charge in [0.05, 0.1) is 0 Å². The smallest absolute Gasteiger partial charge is 0.126 e. The Morgan fingerprint density at radius 1 is 1.27 bits per heavy atom. The minimum Gasteiger partial charge on any atom is -0.330 e. The van der Waals surface area contributed by atoms with E-state index in [9.17, 15) is 4.39 Å². The molecule has 0 heterocycles. The summed E-state index contributed by atoms with van der Waals surface area (Å²) in [5.41, 5.74) is 5.96. The Morgan fingerprint density at radius 2 is 1.91 bits per heavy atom. The first kappa shape index (κ1) is 10.8. The molecule has 0 aliphatic carbocycles. The molecule has 0 spiro atoms. The third kappa shape index (κ3) is 3.16. The topological polar surface area (TPSA) is 26.0 Å². The summed E-state index contributed by atoms with van der Waals surface area (Å²) >= 11 is 0. The van der Waals surface area contributed by atoms with Gasteiger partial charge in [-0.2, -0.15) is 0 Å². The van der Waals surface area contributed by atoms with Gasteiger partial charge in [0.15, 0.2) is 0 Å². The van der Waals surface area contributed by atoms with Crippen LogP contribution in [0.2, 0.25) is 0 Å². The first-order chi connectivity index (χ1) is 4.84. The van der Waals surface area contributed by atoms with Gasteiger partial charge in [0, 0.05) is 0 Å². The van der Waals surface area contributed by atoms with Crippen molar-refractivity contribution in [3.63, 3.8) is 0 Å². The third-order valence-electron chi connectivity index (χ3n) is 1.37. The molecule has 0 aromatic heterocycles. The number of halogens is 2. The highest BCUT2D eigenvalue weighted by molar-refractivity contribution is 14.0. The van der Waals surface area contributed by atoms with Crippen molar-refractivity contribution in [3.8, 4) is 0 Å². The predicted octanol–water partition coefficient (Wildman–Crippen LogP) is 1.94. The largest absolute Gasteiger partial charge is 0.330 e. The van der Waals surface area contributed by atoms with Crippen LogP contribution in [0.4, 0.5) is 4.39 Å². The Labute approximate surface area is 82.8 Å². The van der Waals surface area contributed by atoms with Crippen LogP contribution in [-0.4, -0.2) is 6.54 Å². The number of rotatable bonds is 2. The van der Waals surface area contributed by atoms with E-state index in [1.54, 1.807) is 12.1 Å². The van der Waals surface area contributed by atoms with Gasteiger partial charge in [-0.15, -0.1) is 24.0 Å². The van der Waals surface area contributed by atoms with Crippen molar-refractivity contribution in [1.29, 1.82) is 0 Å². The number of hydrogen-bond donors (Lipinski definition) is 1. The van der Waals surface area contributed by atoms with Gasteiger partial charge in [0.25, 0.3) is 0 Å². The van der Waals surface area contributed by atoms with Gasteiger partial charge in [0.1, 0.15) is 5.82 Å². The lowest BCUT2D eigenvalue weighted by Gasteiger charge is -1.97. The van der Waals surface area contributed by atoms with Crippen LogP contribution in [-0.2, 0) is 6.42 Å². The van der Waals surface area contributed by atoms with Gasteiger partial charge in [-0.1, -0.05) is 18.2 Å². The molecular formula is C8H11FIN. The SMILES string of the molecule is I.NCCc1ccccc1F. The highest BCUT2D eigenvalue weighted by Gasteiger charge is 1.96. The minimum atomic E-state index is -0.159. The van der Waals surface area contributed by atoms with Crippen LogP contribution >= 0.6 is 24.0 Å². The highest BCUT2D eigenvalue weighted by atomic mass is 127. The van der Waals surface area contributed by atoms with E-state index in [1.165, 1.54) is 6.07 Å². The normalized spacial score (nSPS) is 8.91. The molecule has 0 unspecified atom stereocenters. The van der Waals surface area contributed by atoms with Gasteiger partial charge in [-0.25, -0.2) is 4.39 Å². The molecule has 0 bridgehead atoms. The van der Waals surface area contributed by atoms with E-state index < -0.39 is 0 Å². The molecule has 0 aliphatic heterocycles. The van der Waals surface area contributed by atoms with Crippen molar-refractivity contribution in [1.82, 2.24) is 0 Å². The average molecular weight is 267 g/mol.